The minimum absolute atomic E-state index is 0.269. The molecule has 16 heavy (non-hydrogen) atoms. The maximum absolute atomic E-state index is 11.5. The molecule has 84 valence electrons. The highest BCUT2D eigenvalue weighted by Crippen LogP contribution is 2.18. The number of carbonyl (C=O) groups is 1. The molecule has 0 atom stereocenters. The molecule has 0 aliphatic heterocycles. The van der Waals surface area contributed by atoms with Crippen molar-refractivity contribution in [2.75, 3.05) is 6.61 Å². The number of nitrogens with one attached hydrogen (secondary N) is 1. The molecule has 1 heterocycles. The molecule has 2 rings (SSSR count). The van der Waals surface area contributed by atoms with E-state index in [9.17, 15) is 4.79 Å². The van der Waals surface area contributed by atoms with Gasteiger partial charge in [-0.3, -0.25) is 0 Å². The fourth-order valence-corrected chi connectivity index (χ4v) is 1.77. The van der Waals surface area contributed by atoms with Gasteiger partial charge in [0.15, 0.2) is 0 Å². The number of benzene rings is 1. The summed E-state index contributed by atoms with van der Waals surface area (Å²) in [6.45, 7) is 6.12. The number of aromatic amines is 1. The number of esters is 1. The molecule has 2 aromatic rings. The summed E-state index contributed by atoms with van der Waals surface area (Å²) >= 11 is 0. The SMILES string of the molecule is CCOC(=O)c1nc2c(C)cc(C)cc2[nH]1. The zero-order valence-corrected chi connectivity index (χ0v) is 9.63. The summed E-state index contributed by atoms with van der Waals surface area (Å²) < 4.78 is 4.89. The van der Waals surface area contributed by atoms with E-state index < -0.39 is 5.97 Å². The van der Waals surface area contributed by atoms with Crippen LogP contribution >= 0.6 is 0 Å². The third-order valence-corrected chi connectivity index (χ3v) is 2.39. The van der Waals surface area contributed by atoms with Crippen LogP contribution in [0.3, 0.4) is 0 Å². The van der Waals surface area contributed by atoms with Gasteiger partial charge in [-0.2, -0.15) is 0 Å². The smallest absolute Gasteiger partial charge is 0.374 e. The minimum Gasteiger partial charge on any atom is -0.460 e. The average Bonchev–Trinajstić information content (AvgIpc) is 2.62. The van der Waals surface area contributed by atoms with Crippen molar-refractivity contribution < 1.29 is 9.53 Å². The molecule has 1 aromatic heterocycles. The fourth-order valence-electron chi connectivity index (χ4n) is 1.77. The normalized spacial score (nSPS) is 10.7. The van der Waals surface area contributed by atoms with Crippen LogP contribution < -0.4 is 0 Å². The lowest BCUT2D eigenvalue weighted by atomic mass is 10.1. The van der Waals surface area contributed by atoms with Crippen molar-refractivity contribution in [2.24, 2.45) is 0 Å². The summed E-state index contributed by atoms with van der Waals surface area (Å²) in [6, 6.07) is 4.01. The van der Waals surface area contributed by atoms with E-state index in [1.807, 2.05) is 26.0 Å². The predicted molar refractivity (Wildman–Crippen MR) is 61.5 cm³/mol. The molecule has 4 nitrogen and oxygen atoms in total. The molecule has 0 aliphatic carbocycles. The Bertz CT molecular complexity index is 543. The second-order valence-corrected chi connectivity index (χ2v) is 3.78. The summed E-state index contributed by atoms with van der Waals surface area (Å²) in [4.78, 5) is 18.7. The molecular formula is C12H14N2O2. The van der Waals surface area contributed by atoms with E-state index >= 15 is 0 Å². The molecular weight excluding hydrogens is 204 g/mol. The second kappa shape index (κ2) is 3.96. The first-order chi connectivity index (χ1) is 7.61. The van der Waals surface area contributed by atoms with Crippen molar-refractivity contribution >= 4 is 17.0 Å². The summed E-state index contributed by atoms with van der Waals surface area (Å²) in [6.07, 6.45) is 0. The maximum Gasteiger partial charge on any atom is 0.374 e. The third-order valence-electron chi connectivity index (χ3n) is 2.39. The summed E-state index contributed by atoms with van der Waals surface area (Å²) in [5.74, 6) is -0.138. The Kier molecular flexibility index (Phi) is 2.64. The second-order valence-electron chi connectivity index (χ2n) is 3.78. The Morgan fingerprint density at radius 1 is 1.44 bits per heavy atom. The Morgan fingerprint density at radius 3 is 2.88 bits per heavy atom. The van der Waals surface area contributed by atoms with E-state index in [4.69, 9.17) is 4.74 Å². The molecule has 0 saturated carbocycles. The van der Waals surface area contributed by atoms with E-state index in [1.54, 1.807) is 6.92 Å². The van der Waals surface area contributed by atoms with E-state index in [2.05, 4.69) is 9.97 Å². The van der Waals surface area contributed by atoms with Crippen LogP contribution in [0.25, 0.3) is 11.0 Å². The maximum atomic E-state index is 11.5. The van der Waals surface area contributed by atoms with Crippen LogP contribution in [0.5, 0.6) is 0 Å². The number of aromatic nitrogens is 2. The van der Waals surface area contributed by atoms with Gasteiger partial charge in [0.05, 0.1) is 17.6 Å². The first kappa shape index (κ1) is 10.7. The number of H-pyrrole nitrogens is 1. The number of rotatable bonds is 2. The minimum atomic E-state index is -0.407. The summed E-state index contributed by atoms with van der Waals surface area (Å²) in [7, 11) is 0. The molecule has 0 unspecified atom stereocenters. The van der Waals surface area contributed by atoms with Gasteiger partial charge in [0.2, 0.25) is 5.82 Å². The lowest BCUT2D eigenvalue weighted by molar-refractivity contribution is 0.0514. The average molecular weight is 218 g/mol. The van der Waals surface area contributed by atoms with Gasteiger partial charge in [0.25, 0.3) is 0 Å². The van der Waals surface area contributed by atoms with Crippen LogP contribution in [0, 0.1) is 13.8 Å². The standard InChI is InChI=1S/C12H14N2O2/c1-4-16-12(15)11-13-9-6-7(2)5-8(3)10(9)14-11/h5-6H,4H2,1-3H3,(H,13,14). The van der Waals surface area contributed by atoms with Crippen molar-refractivity contribution in [3.05, 3.63) is 29.1 Å². The quantitative estimate of drug-likeness (QED) is 0.787. The highest BCUT2D eigenvalue weighted by atomic mass is 16.5. The van der Waals surface area contributed by atoms with Crippen molar-refractivity contribution in [1.82, 2.24) is 9.97 Å². The topological polar surface area (TPSA) is 55.0 Å². The Labute approximate surface area is 93.6 Å². The molecule has 0 bridgehead atoms. The van der Waals surface area contributed by atoms with Crippen LogP contribution in [0.1, 0.15) is 28.7 Å². The molecule has 0 spiro atoms. The number of nitrogens with zero attached hydrogens (tertiary/aromatic N) is 1. The molecule has 4 heteroatoms. The Hall–Kier alpha value is -1.84. The molecule has 0 saturated heterocycles. The Balaban J connectivity index is 2.51. The predicted octanol–water partition coefficient (Wildman–Crippen LogP) is 2.36. The summed E-state index contributed by atoms with van der Waals surface area (Å²) in [5, 5.41) is 0. The van der Waals surface area contributed by atoms with Crippen LogP contribution in [0.4, 0.5) is 0 Å². The van der Waals surface area contributed by atoms with Crippen LogP contribution in [0.2, 0.25) is 0 Å². The Morgan fingerprint density at radius 2 is 2.19 bits per heavy atom. The number of ether oxygens (including phenoxy) is 1. The van der Waals surface area contributed by atoms with Gasteiger partial charge < -0.3 is 9.72 Å². The molecule has 0 fully saturated rings. The van der Waals surface area contributed by atoms with Gasteiger partial charge in [-0.15, -0.1) is 0 Å². The van der Waals surface area contributed by atoms with Gasteiger partial charge in [-0.25, -0.2) is 9.78 Å². The zero-order chi connectivity index (χ0) is 11.7. The monoisotopic (exact) mass is 218 g/mol. The van der Waals surface area contributed by atoms with Gasteiger partial charge in [-0.1, -0.05) is 6.07 Å². The van der Waals surface area contributed by atoms with E-state index in [1.165, 1.54) is 0 Å². The molecule has 0 aliphatic rings. The van der Waals surface area contributed by atoms with Crippen molar-refractivity contribution in [3.63, 3.8) is 0 Å². The highest BCUT2D eigenvalue weighted by Gasteiger charge is 2.13. The number of fused-ring (bicyclic) bond motifs is 1. The number of hydrogen-bond acceptors (Lipinski definition) is 3. The van der Waals surface area contributed by atoms with E-state index in [-0.39, 0.29) is 5.82 Å². The molecule has 0 amide bonds. The lowest BCUT2D eigenvalue weighted by Crippen LogP contribution is -2.06. The van der Waals surface area contributed by atoms with Gasteiger partial charge in [0.1, 0.15) is 0 Å². The highest BCUT2D eigenvalue weighted by molar-refractivity contribution is 5.91. The van der Waals surface area contributed by atoms with Crippen LogP contribution in [0.15, 0.2) is 12.1 Å². The molecule has 1 N–H and O–H groups in total. The van der Waals surface area contributed by atoms with Crippen LogP contribution in [-0.2, 0) is 4.74 Å². The zero-order valence-electron chi connectivity index (χ0n) is 9.63. The van der Waals surface area contributed by atoms with E-state index in [0.29, 0.717) is 6.61 Å². The largest absolute Gasteiger partial charge is 0.460 e. The molecule has 1 aromatic carbocycles. The first-order valence-electron chi connectivity index (χ1n) is 5.26. The number of carbonyl (C=O) groups excluding carboxylic acids is 1. The van der Waals surface area contributed by atoms with E-state index in [0.717, 1.165) is 22.2 Å². The lowest BCUT2D eigenvalue weighted by Gasteiger charge is -1.95. The number of hydrogen-bond donors (Lipinski definition) is 1. The number of aryl methyl sites for hydroxylation is 2. The van der Waals surface area contributed by atoms with Gasteiger partial charge >= 0.3 is 5.97 Å². The van der Waals surface area contributed by atoms with Crippen molar-refractivity contribution in [2.45, 2.75) is 20.8 Å². The first-order valence-corrected chi connectivity index (χ1v) is 5.26. The van der Waals surface area contributed by atoms with Crippen molar-refractivity contribution in [3.8, 4) is 0 Å². The van der Waals surface area contributed by atoms with Crippen LogP contribution in [-0.4, -0.2) is 22.5 Å². The summed E-state index contributed by atoms with van der Waals surface area (Å²) in [5.41, 5.74) is 3.90. The van der Waals surface area contributed by atoms with Gasteiger partial charge in [-0.05, 0) is 38.0 Å². The third kappa shape index (κ3) is 1.78. The van der Waals surface area contributed by atoms with Crippen molar-refractivity contribution in [1.29, 1.82) is 0 Å². The van der Waals surface area contributed by atoms with Gasteiger partial charge in [0, 0.05) is 0 Å². The number of imidazole rings is 1. The fraction of sp³-hybridized carbons (Fsp3) is 0.333. The molecule has 0 radical (unpaired) electrons.